The number of rotatable bonds is 4. The lowest BCUT2D eigenvalue weighted by Gasteiger charge is -2.04. The van der Waals surface area contributed by atoms with Gasteiger partial charge in [-0.15, -0.1) is 0 Å². The molecular formula is C12H11F3N4O2. The minimum atomic E-state index is -4.34. The summed E-state index contributed by atoms with van der Waals surface area (Å²) in [5, 5.41) is 7.28. The predicted octanol–water partition coefficient (Wildman–Crippen LogP) is 2.11. The molecule has 0 bridgehead atoms. The summed E-state index contributed by atoms with van der Waals surface area (Å²) < 4.78 is 42.1. The van der Waals surface area contributed by atoms with Crippen LogP contribution in [0.3, 0.4) is 0 Å². The Morgan fingerprint density at radius 3 is 2.90 bits per heavy atom. The molecule has 2 aromatic rings. The maximum absolute atomic E-state index is 12.1. The zero-order valence-electron chi connectivity index (χ0n) is 10.9. The molecular weight excluding hydrogens is 289 g/mol. The van der Waals surface area contributed by atoms with Crippen molar-refractivity contribution < 1.29 is 22.4 Å². The van der Waals surface area contributed by atoms with Crippen molar-refractivity contribution in [1.29, 1.82) is 0 Å². The molecule has 0 aromatic carbocycles. The minimum Gasteiger partial charge on any atom is -0.469 e. The van der Waals surface area contributed by atoms with Gasteiger partial charge in [0, 0.05) is 6.20 Å². The van der Waals surface area contributed by atoms with E-state index in [-0.39, 0.29) is 5.69 Å². The van der Waals surface area contributed by atoms with E-state index in [9.17, 15) is 18.0 Å². The molecule has 21 heavy (non-hydrogen) atoms. The van der Waals surface area contributed by atoms with Gasteiger partial charge in [-0.05, 0) is 19.1 Å². The Morgan fingerprint density at radius 1 is 1.52 bits per heavy atom. The molecule has 0 fully saturated rings. The molecule has 0 unspecified atom stereocenters. The van der Waals surface area contributed by atoms with Crippen LogP contribution < -0.4 is 5.43 Å². The Morgan fingerprint density at radius 2 is 2.29 bits per heavy atom. The van der Waals surface area contributed by atoms with Crippen molar-refractivity contribution >= 4 is 12.1 Å². The van der Waals surface area contributed by atoms with Gasteiger partial charge in [-0.1, -0.05) is 0 Å². The number of furan rings is 1. The average molecular weight is 300 g/mol. The standard InChI is InChI=1S/C12H11F3N4O2/c1-8-10(3-5-21-8)11(20)17-16-6-9-2-4-19(18-9)7-12(13,14)15/h2-6H,7H2,1H3,(H,17,20)/b16-6+. The number of alkyl halides is 3. The first kappa shape index (κ1) is 14.8. The van der Waals surface area contributed by atoms with E-state index >= 15 is 0 Å². The molecule has 0 atom stereocenters. The summed E-state index contributed by atoms with van der Waals surface area (Å²) in [5.74, 6) is -0.0376. The number of aryl methyl sites for hydroxylation is 1. The van der Waals surface area contributed by atoms with Gasteiger partial charge in [0.25, 0.3) is 5.91 Å². The summed E-state index contributed by atoms with van der Waals surface area (Å²) in [4.78, 5) is 11.7. The molecule has 0 radical (unpaired) electrons. The second-order valence-corrected chi connectivity index (χ2v) is 4.14. The molecule has 2 heterocycles. The first-order valence-electron chi connectivity index (χ1n) is 5.83. The summed E-state index contributed by atoms with van der Waals surface area (Å²) >= 11 is 0. The fourth-order valence-electron chi connectivity index (χ4n) is 1.56. The number of aromatic nitrogens is 2. The van der Waals surface area contributed by atoms with Gasteiger partial charge in [0.05, 0.1) is 18.0 Å². The van der Waals surface area contributed by atoms with Crippen LogP contribution in [0.25, 0.3) is 0 Å². The van der Waals surface area contributed by atoms with Crippen LogP contribution in [0, 0.1) is 6.92 Å². The van der Waals surface area contributed by atoms with Crippen molar-refractivity contribution in [3.05, 3.63) is 41.6 Å². The zero-order chi connectivity index (χ0) is 15.5. The number of hydrazone groups is 1. The van der Waals surface area contributed by atoms with E-state index in [1.165, 1.54) is 24.6 Å². The second kappa shape index (κ2) is 5.81. The molecule has 0 aliphatic rings. The molecule has 2 rings (SSSR count). The topological polar surface area (TPSA) is 72.4 Å². The zero-order valence-corrected chi connectivity index (χ0v) is 10.9. The molecule has 0 saturated heterocycles. The van der Waals surface area contributed by atoms with Gasteiger partial charge in [0.2, 0.25) is 0 Å². The fraction of sp³-hybridized carbons (Fsp3) is 0.250. The Balaban J connectivity index is 1.93. The van der Waals surface area contributed by atoms with Crippen molar-refractivity contribution in [3.63, 3.8) is 0 Å². The van der Waals surface area contributed by atoms with Crippen LogP contribution in [-0.2, 0) is 6.54 Å². The maximum Gasteiger partial charge on any atom is 0.408 e. The van der Waals surface area contributed by atoms with E-state index in [0.717, 1.165) is 10.9 Å². The van der Waals surface area contributed by atoms with Crippen LogP contribution in [0.1, 0.15) is 21.8 Å². The van der Waals surface area contributed by atoms with Crippen LogP contribution in [0.5, 0.6) is 0 Å². The van der Waals surface area contributed by atoms with Gasteiger partial charge in [-0.3, -0.25) is 9.48 Å². The van der Waals surface area contributed by atoms with Crippen molar-refractivity contribution in [2.75, 3.05) is 0 Å². The lowest BCUT2D eigenvalue weighted by atomic mass is 10.2. The number of nitrogens with one attached hydrogen (secondary N) is 1. The number of halogens is 3. The molecule has 1 amide bonds. The third-order valence-electron chi connectivity index (χ3n) is 2.47. The number of amides is 1. The van der Waals surface area contributed by atoms with Crippen LogP contribution in [0.2, 0.25) is 0 Å². The largest absolute Gasteiger partial charge is 0.469 e. The highest BCUT2D eigenvalue weighted by Crippen LogP contribution is 2.16. The highest BCUT2D eigenvalue weighted by Gasteiger charge is 2.28. The number of hydrogen-bond donors (Lipinski definition) is 1. The van der Waals surface area contributed by atoms with Gasteiger partial charge in [0.15, 0.2) is 0 Å². The molecule has 0 saturated carbocycles. The minimum absolute atomic E-state index is 0.198. The molecule has 9 heteroatoms. The smallest absolute Gasteiger partial charge is 0.408 e. The molecule has 6 nitrogen and oxygen atoms in total. The molecule has 0 spiro atoms. The SMILES string of the molecule is Cc1occc1C(=O)N/N=C/c1ccn(CC(F)(F)F)n1. The van der Waals surface area contributed by atoms with Gasteiger partial charge < -0.3 is 4.42 Å². The number of carbonyl (C=O) groups excluding carboxylic acids is 1. The van der Waals surface area contributed by atoms with Crippen molar-refractivity contribution in [1.82, 2.24) is 15.2 Å². The first-order chi connectivity index (χ1) is 9.85. The summed E-state index contributed by atoms with van der Waals surface area (Å²) in [5.41, 5.74) is 2.76. The van der Waals surface area contributed by atoms with E-state index < -0.39 is 18.6 Å². The monoisotopic (exact) mass is 300 g/mol. The van der Waals surface area contributed by atoms with Crippen molar-refractivity contribution in [2.24, 2.45) is 5.10 Å². The third-order valence-corrected chi connectivity index (χ3v) is 2.47. The van der Waals surface area contributed by atoms with E-state index in [4.69, 9.17) is 4.42 Å². The molecule has 1 N–H and O–H groups in total. The van der Waals surface area contributed by atoms with E-state index in [0.29, 0.717) is 11.3 Å². The first-order valence-corrected chi connectivity index (χ1v) is 5.83. The van der Waals surface area contributed by atoms with E-state index in [1.807, 2.05) is 0 Å². The summed E-state index contributed by atoms with van der Waals surface area (Å²) in [6.45, 7) is 0.443. The van der Waals surface area contributed by atoms with E-state index in [2.05, 4.69) is 15.6 Å². The van der Waals surface area contributed by atoms with Gasteiger partial charge in [-0.25, -0.2) is 5.43 Å². The Hall–Kier alpha value is -2.58. The predicted molar refractivity (Wildman–Crippen MR) is 66.8 cm³/mol. The van der Waals surface area contributed by atoms with Crippen LogP contribution in [0.15, 0.2) is 34.1 Å². The fourth-order valence-corrected chi connectivity index (χ4v) is 1.56. The van der Waals surface area contributed by atoms with Gasteiger partial charge in [0.1, 0.15) is 18.0 Å². The number of carbonyl (C=O) groups is 1. The Bertz CT molecular complexity index is 658. The summed E-state index contributed by atoms with van der Waals surface area (Å²) in [6.07, 6.45) is -0.642. The van der Waals surface area contributed by atoms with E-state index in [1.54, 1.807) is 6.92 Å². The molecule has 2 aromatic heterocycles. The average Bonchev–Trinajstić information content (AvgIpc) is 2.96. The number of hydrogen-bond acceptors (Lipinski definition) is 4. The molecule has 0 aliphatic carbocycles. The van der Waals surface area contributed by atoms with Gasteiger partial charge in [-0.2, -0.15) is 23.4 Å². The lowest BCUT2D eigenvalue weighted by molar-refractivity contribution is -0.142. The normalized spacial score (nSPS) is 12.0. The quantitative estimate of drug-likeness (QED) is 0.694. The van der Waals surface area contributed by atoms with Crippen molar-refractivity contribution in [2.45, 2.75) is 19.6 Å². The third kappa shape index (κ3) is 4.20. The highest BCUT2D eigenvalue weighted by atomic mass is 19.4. The van der Waals surface area contributed by atoms with Crippen LogP contribution in [0.4, 0.5) is 13.2 Å². The molecule has 0 aliphatic heterocycles. The van der Waals surface area contributed by atoms with Crippen LogP contribution >= 0.6 is 0 Å². The molecule has 112 valence electrons. The lowest BCUT2D eigenvalue weighted by Crippen LogP contribution is -2.18. The number of nitrogens with zero attached hydrogens (tertiary/aromatic N) is 3. The summed E-state index contributed by atoms with van der Waals surface area (Å²) in [6, 6.07) is 2.84. The second-order valence-electron chi connectivity index (χ2n) is 4.14. The van der Waals surface area contributed by atoms with Gasteiger partial charge >= 0.3 is 6.18 Å². The highest BCUT2D eigenvalue weighted by molar-refractivity contribution is 5.95. The summed E-state index contributed by atoms with van der Waals surface area (Å²) in [7, 11) is 0. The maximum atomic E-state index is 12.1. The Kier molecular flexibility index (Phi) is 4.10. The van der Waals surface area contributed by atoms with Crippen molar-refractivity contribution in [3.8, 4) is 0 Å². The Labute approximate surface area is 117 Å². The van der Waals surface area contributed by atoms with Crippen LogP contribution in [-0.4, -0.2) is 28.1 Å².